The molecule has 0 aliphatic rings. The highest BCUT2D eigenvalue weighted by molar-refractivity contribution is 5.72. The quantitative estimate of drug-likeness (QED) is 0.495. The Morgan fingerprint density at radius 3 is 2.76 bits per heavy atom. The summed E-state index contributed by atoms with van der Waals surface area (Å²) in [4.78, 5) is 14.2. The molecule has 6 nitrogen and oxygen atoms in total. The molecule has 0 radical (unpaired) electrons. The zero-order valence-corrected chi connectivity index (χ0v) is 16.3. The molecule has 0 bridgehead atoms. The third-order valence-electron chi connectivity index (χ3n) is 5.04. The summed E-state index contributed by atoms with van der Waals surface area (Å²) in [7, 11) is 2.05. The second-order valence-corrected chi connectivity index (χ2v) is 7.18. The van der Waals surface area contributed by atoms with Gasteiger partial charge in [0.2, 0.25) is 0 Å². The number of nitrogens with one attached hydrogen (secondary N) is 1. The molecule has 0 unspecified atom stereocenters. The number of nitrogens with zero attached hydrogens (tertiary/aromatic N) is 3. The van der Waals surface area contributed by atoms with E-state index in [1.165, 1.54) is 12.1 Å². The largest absolute Gasteiger partial charge is 0.419 e. The Kier molecular flexibility index (Phi) is 5.57. The van der Waals surface area contributed by atoms with Crippen molar-refractivity contribution in [2.75, 3.05) is 20.1 Å². The molecule has 0 amide bonds. The Morgan fingerprint density at radius 2 is 1.93 bits per heavy atom. The molecule has 0 aliphatic heterocycles. The minimum absolute atomic E-state index is 0.252. The van der Waals surface area contributed by atoms with Gasteiger partial charge in [0.05, 0.1) is 11.2 Å². The first-order chi connectivity index (χ1) is 14.1. The van der Waals surface area contributed by atoms with Crippen LogP contribution in [-0.2, 0) is 13.0 Å². The predicted octanol–water partition coefficient (Wildman–Crippen LogP) is 3.69. The number of aryl methyl sites for hydroxylation is 1. The molecule has 4 rings (SSSR count). The number of benzene rings is 2. The van der Waals surface area contributed by atoms with Gasteiger partial charge in [-0.2, -0.15) is 5.10 Å². The molecule has 0 fully saturated rings. The van der Waals surface area contributed by atoms with Crippen LogP contribution in [0.4, 0.5) is 4.39 Å². The van der Waals surface area contributed by atoms with Crippen LogP contribution in [0.1, 0.15) is 12.1 Å². The molecule has 2 aromatic heterocycles. The van der Waals surface area contributed by atoms with Crippen LogP contribution in [0.25, 0.3) is 22.4 Å². The van der Waals surface area contributed by atoms with Gasteiger partial charge in [-0.3, -0.25) is 9.67 Å². The third kappa shape index (κ3) is 4.46. The lowest BCUT2D eigenvalue weighted by molar-refractivity contribution is 0.310. The first kappa shape index (κ1) is 19.1. The number of oxazole rings is 1. The average Bonchev–Trinajstić information content (AvgIpc) is 3.31. The lowest BCUT2D eigenvalue weighted by Gasteiger charge is -2.16. The number of hydrogen-bond acceptors (Lipinski definition) is 4. The van der Waals surface area contributed by atoms with E-state index in [2.05, 4.69) is 15.1 Å². The van der Waals surface area contributed by atoms with Gasteiger partial charge in [-0.05, 0) is 68.9 Å². The van der Waals surface area contributed by atoms with Crippen LogP contribution in [0.2, 0.25) is 0 Å². The minimum atomic E-state index is -0.314. The zero-order chi connectivity index (χ0) is 20.2. The molecule has 1 N–H and O–H groups in total. The van der Waals surface area contributed by atoms with E-state index in [9.17, 15) is 9.18 Å². The summed E-state index contributed by atoms with van der Waals surface area (Å²) in [5, 5.41) is 7.37. The smallest absolute Gasteiger partial charge is 0.408 e. The van der Waals surface area contributed by atoms with Crippen molar-refractivity contribution in [3.05, 3.63) is 76.7 Å². The number of likely N-dealkylation sites (N-methyl/N-ethyl adjacent to an activating group) is 1. The zero-order valence-electron chi connectivity index (χ0n) is 16.3. The fourth-order valence-corrected chi connectivity index (χ4v) is 3.41. The minimum Gasteiger partial charge on any atom is -0.408 e. The summed E-state index contributed by atoms with van der Waals surface area (Å²) in [6, 6.07) is 15.8. The van der Waals surface area contributed by atoms with Crippen LogP contribution in [0.3, 0.4) is 0 Å². The van der Waals surface area contributed by atoms with Gasteiger partial charge < -0.3 is 9.32 Å². The molecule has 0 aliphatic carbocycles. The second-order valence-electron chi connectivity index (χ2n) is 7.18. The van der Waals surface area contributed by atoms with Crippen molar-refractivity contribution >= 4 is 11.1 Å². The Labute approximate surface area is 167 Å². The maximum absolute atomic E-state index is 13.0. The molecule has 29 heavy (non-hydrogen) atoms. The van der Waals surface area contributed by atoms with E-state index >= 15 is 0 Å². The first-order valence-electron chi connectivity index (χ1n) is 9.67. The summed E-state index contributed by atoms with van der Waals surface area (Å²) >= 11 is 0. The van der Waals surface area contributed by atoms with Crippen LogP contribution >= 0.6 is 0 Å². The molecule has 0 atom stereocenters. The van der Waals surface area contributed by atoms with Crippen LogP contribution in [0, 0.1) is 5.82 Å². The van der Waals surface area contributed by atoms with E-state index in [1.54, 1.807) is 16.7 Å². The van der Waals surface area contributed by atoms with Crippen molar-refractivity contribution in [1.82, 2.24) is 19.7 Å². The summed E-state index contributed by atoms with van der Waals surface area (Å²) in [6.07, 6.45) is 1.83. The highest BCUT2D eigenvalue weighted by atomic mass is 19.1. The third-order valence-corrected chi connectivity index (χ3v) is 5.04. The number of rotatable bonds is 8. The Bertz CT molecular complexity index is 1140. The van der Waals surface area contributed by atoms with Gasteiger partial charge in [0.25, 0.3) is 0 Å². The van der Waals surface area contributed by atoms with Crippen molar-refractivity contribution in [2.24, 2.45) is 0 Å². The number of aromatic nitrogens is 3. The fourth-order valence-electron chi connectivity index (χ4n) is 3.41. The summed E-state index contributed by atoms with van der Waals surface area (Å²) in [6.45, 7) is 2.24. The van der Waals surface area contributed by atoms with E-state index in [-0.39, 0.29) is 11.6 Å². The van der Waals surface area contributed by atoms with Crippen LogP contribution < -0.4 is 5.76 Å². The molecular formula is C22H23FN4O2. The number of fused-ring (bicyclic) bond motifs is 1. The van der Waals surface area contributed by atoms with E-state index in [4.69, 9.17) is 4.42 Å². The summed E-state index contributed by atoms with van der Waals surface area (Å²) < 4.78 is 20.0. The van der Waals surface area contributed by atoms with E-state index in [1.807, 2.05) is 37.4 Å². The molecule has 0 saturated heterocycles. The Hall–Kier alpha value is -3.19. The van der Waals surface area contributed by atoms with Gasteiger partial charge in [0.1, 0.15) is 5.82 Å². The van der Waals surface area contributed by atoms with Crippen LogP contribution in [0.15, 0.2) is 63.8 Å². The highest BCUT2D eigenvalue weighted by Gasteiger charge is 2.09. The number of para-hydroxylation sites is 2. The van der Waals surface area contributed by atoms with Crippen LogP contribution in [0.5, 0.6) is 0 Å². The fraction of sp³-hybridized carbons (Fsp3) is 0.273. The summed E-state index contributed by atoms with van der Waals surface area (Å²) in [5.74, 6) is -0.566. The van der Waals surface area contributed by atoms with Crippen molar-refractivity contribution in [2.45, 2.75) is 19.4 Å². The Balaban J connectivity index is 1.27. The lowest BCUT2D eigenvalue weighted by atomic mass is 10.1. The molecule has 2 aromatic carbocycles. The number of hydrogen-bond donors (Lipinski definition) is 1. The van der Waals surface area contributed by atoms with Crippen molar-refractivity contribution < 1.29 is 8.81 Å². The average molecular weight is 394 g/mol. The van der Waals surface area contributed by atoms with Gasteiger partial charge in [-0.15, -0.1) is 0 Å². The topological polar surface area (TPSA) is 67.1 Å². The van der Waals surface area contributed by atoms with Gasteiger partial charge in [-0.25, -0.2) is 9.18 Å². The van der Waals surface area contributed by atoms with Gasteiger partial charge in [0.15, 0.2) is 5.58 Å². The maximum Gasteiger partial charge on any atom is 0.419 e. The van der Waals surface area contributed by atoms with Gasteiger partial charge >= 0.3 is 5.76 Å². The number of aromatic amines is 1. The number of H-pyrrole nitrogens is 1. The van der Waals surface area contributed by atoms with Gasteiger partial charge in [0, 0.05) is 24.3 Å². The predicted molar refractivity (Wildman–Crippen MR) is 110 cm³/mol. The highest BCUT2D eigenvalue weighted by Crippen LogP contribution is 2.18. The molecule has 7 heteroatoms. The SMILES string of the molecule is CN(CCCc1cc(-c2ccc(F)cc2)n[nH]1)CCn1c(=O)oc2ccccc21. The van der Waals surface area contributed by atoms with E-state index < -0.39 is 0 Å². The Morgan fingerprint density at radius 1 is 1.14 bits per heavy atom. The van der Waals surface area contributed by atoms with E-state index in [0.29, 0.717) is 12.1 Å². The van der Waals surface area contributed by atoms with Gasteiger partial charge in [-0.1, -0.05) is 12.1 Å². The molecule has 150 valence electrons. The molecule has 4 aromatic rings. The molecule has 2 heterocycles. The van der Waals surface area contributed by atoms with Crippen LogP contribution in [-0.4, -0.2) is 39.8 Å². The normalized spacial score (nSPS) is 11.6. The molecular weight excluding hydrogens is 371 g/mol. The second kappa shape index (κ2) is 8.45. The standard InChI is InChI=1S/C22H23FN4O2/c1-26(13-14-27-20-6-2-3-7-21(20)29-22(27)28)12-4-5-18-15-19(25-24-18)16-8-10-17(23)11-9-16/h2-3,6-11,15H,4-5,12-14H2,1H3,(H,24,25). The number of halogens is 1. The van der Waals surface area contributed by atoms with Crippen molar-refractivity contribution in [3.63, 3.8) is 0 Å². The van der Waals surface area contributed by atoms with Crippen molar-refractivity contribution in [1.29, 1.82) is 0 Å². The van der Waals surface area contributed by atoms with Crippen molar-refractivity contribution in [3.8, 4) is 11.3 Å². The molecule has 0 saturated carbocycles. The summed E-state index contributed by atoms with van der Waals surface area (Å²) in [5.41, 5.74) is 4.21. The monoisotopic (exact) mass is 394 g/mol. The lowest BCUT2D eigenvalue weighted by Crippen LogP contribution is -2.27. The van der Waals surface area contributed by atoms with E-state index in [0.717, 1.165) is 48.4 Å². The maximum atomic E-state index is 13.0. The molecule has 0 spiro atoms. The first-order valence-corrected chi connectivity index (χ1v) is 9.67.